The van der Waals surface area contributed by atoms with Crippen molar-refractivity contribution in [3.05, 3.63) is 35.4 Å². The highest BCUT2D eigenvalue weighted by molar-refractivity contribution is 5.42. The van der Waals surface area contributed by atoms with Crippen molar-refractivity contribution in [3.8, 4) is 0 Å². The molecule has 3 fully saturated rings. The Morgan fingerprint density at radius 2 is 1.71 bits per heavy atom. The largest absolute Gasteiger partial charge is 0.271 e. The molecule has 1 aromatic rings. The summed E-state index contributed by atoms with van der Waals surface area (Å²) in [5, 5.41) is 0. The summed E-state index contributed by atoms with van der Waals surface area (Å²) >= 11 is 0. The summed E-state index contributed by atoms with van der Waals surface area (Å²) in [5.41, 5.74) is 6.56. The lowest BCUT2D eigenvalue weighted by Gasteiger charge is -2.70. The van der Waals surface area contributed by atoms with Crippen LogP contribution < -0.4 is 11.3 Å². The summed E-state index contributed by atoms with van der Waals surface area (Å²) in [4.78, 5) is 0. The Hall–Kier alpha value is -0.860. The van der Waals surface area contributed by atoms with Crippen LogP contribution in [0.5, 0.6) is 0 Å². The van der Waals surface area contributed by atoms with Crippen LogP contribution in [-0.2, 0) is 5.41 Å². The molecule has 1 aromatic carbocycles. The zero-order valence-electron chi connectivity index (χ0n) is 8.51. The Morgan fingerprint density at radius 1 is 1.14 bits per heavy atom. The number of benzene rings is 1. The standard InChI is InChI=1S/C12H16N2/c1-9-2-4-10(5-3-9)11-6-12(7-11,8-11)14-13/h2-5,14H,6-8,13H2,1H3. The minimum Gasteiger partial charge on any atom is -0.271 e. The lowest BCUT2D eigenvalue weighted by atomic mass is 9.38. The van der Waals surface area contributed by atoms with Crippen molar-refractivity contribution in [2.75, 3.05) is 0 Å². The van der Waals surface area contributed by atoms with Gasteiger partial charge in [-0.3, -0.25) is 11.3 Å². The van der Waals surface area contributed by atoms with Crippen molar-refractivity contribution in [1.82, 2.24) is 5.43 Å². The van der Waals surface area contributed by atoms with Gasteiger partial charge >= 0.3 is 0 Å². The average molecular weight is 188 g/mol. The van der Waals surface area contributed by atoms with E-state index in [-0.39, 0.29) is 0 Å². The van der Waals surface area contributed by atoms with Crippen LogP contribution in [0.1, 0.15) is 30.4 Å². The first-order valence-corrected chi connectivity index (χ1v) is 5.23. The molecule has 3 aliphatic carbocycles. The van der Waals surface area contributed by atoms with E-state index in [0.717, 1.165) is 0 Å². The van der Waals surface area contributed by atoms with Crippen LogP contribution in [0.15, 0.2) is 24.3 Å². The predicted octanol–water partition coefficient (Wildman–Crippen LogP) is 1.63. The lowest BCUT2D eigenvalue weighted by Crippen LogP contribution is -2.77. The summed E-state index contributed by atoms with van der Waals surface area (Å²) in [6.45, 7) is 2.13. The van der Waals surface area contributed by atoms with E-state index in [9.17, 15) is 0 Å². The molecule has 0 amide bonds. The van der Waals surface area contributed by atoms with Crippen molar-refractivity contribution < 1.29 is 0 Å². The van der Waals surface area contributed by atoms with Gasteiger partial charge in [-0.15, -0.1) is 0 Å². The second kappa shape index (κ2) is 2.38. The van der Waals surface area contributed by atoms with Crippen LogP contribution in [0.2, 0.25) is 0 Å². The van der Waals surface area contributed by atoms with Gasteiger partial charge in [-0.05, 0) is 31.7 Å². The smallest absolute Gasteiger partial charge is 0.0346 e. The van der Waals surface area contributed by atoms with Gasteiger partial charge in [0.05, 0.1) is 0 Å². The summed E-state index contributed by atoms with van der Waals surface area (Å²) in [7, 11) is 0. The maximum absolute atomic E-state index is 5.52. The molecule has 4 rings (SSSR count). The molecule has 2 nitrogen and oxygen atoms in total. The van der Waals surface area contributed by atoms with Crippen molar-refractivity contribution in [3.63, 3.8) is 0 Å². The molecule has 0 heterocycles. The molecule has 3 N–H and O–H groups in total. The molecular weight excluding hydrogens is 172 g/mol. The van der Waals surface area contributed by atoms with E-state index in [1.807, 2.05) is 0 Å². The lowest BCUT2D eigenvalue weighted by molar-refractivity contribution is -0.0882. The first-order valence-electron chi connectivity index (χ1n) is 5.23. The minimum atomic E-state index is 0.297. The molecule has 2 bridgehead atoms. The van der Waals surface area contributed by atoms with Gasteiger partial charge in [-0.25, -0.2) is 0 Å². The molecular formula is C12H16N2. The number of nitrogens with two attached hydrogens (primary N) is 1. The molecule has 0 unspecified atom stereocenters. The summed E-state index contributed by atoms with van der Waals surface area (Å²) in [5.74, 6) is 5.52. The maximum atomic E-state index is 5.52. The third kappa shape index (κ3) is 0.877. The molecule has 14 heavy (non-hydrogen) atoms. The zero-order chi connectivity index (χ0) is 9.81. The van der Waals surface area contributed by atoms with Crippen LogP contribution >= 0.6 is 0 Å². The van der Waals surface area contributed by atoms with Crippen molar-refractivity contribution >= 4 is 0 Å². The molecule has 0 saturated heterocycles. The van der Waals surface area contributed by atoms with Gasteiger partial charge in [0.25, 0.3) is 0 Å². The maximum Gasteiger partial charge on any atom is 0.0346 e. The average Bonchev–Trinajstić information content (AvgIpc) is 2.04. The van der Waals surface area contributed by atoms with Crippen LogP contribution in [-0.4, -0.2) is 5.54 Å². The fourth-order valence-electron chi connectivity index (χ4n) is 3.15. The summed E-state index contributed by atoms with van der Waals surface area (Å²) in [6.07, 6.45) is 3.67. The van der Waals surface area contributed by atoms with E-state index in [4.69, 9.17) is 5.84 Å². The predicted molar refractivity (Wildman–Crippen MR) is 56.8 cm³/mol. The zero-order valence-corrected chi connectivity index (χ0v) is 8.51. The highest BCUT2D eigenvalue weighted by Crippen LogP contribution is 2.67. The van der Waals surface area contributed by atoms with E-state index in [1.54, 1.807) is 0 Å². The van der Waals surface area contributed by atoms with E-state index in [0.29, 0.717) is 11.0 Å². The topological polar surface area (TPSA) is 38.0 Å². The molecule has 0 aromatic heterocycles. The van der Waals surface area contributed by atoms with Crippen LogP contribution in [0, 0.1) is 6.92 Å². The third-order valence-corrected chi connectivity index (χ3v) is 4.00. The van der Waals surface area contributed by atoms with Crippen molar-refractivity contribution in [2.45, 2.75) is 37.1 Å². The SMILES string of the molecule is Cc1ccc(C23CC(NN)(C2)C3)cc1. The number of rotatable bonds is 2. The van der Waals surface area contributed by atoms with Crippen LogP contribution in [0.4, 0.5) is 0 Å². The summed E-state index contributed by atoms with van der Waals surface area (Å²) in [6, 6.07) is 8.96. The van der Waals surface area contributed by atoms with Gasteiger partial charge in [0.2, 0.25) is 0 Å². The van der Waals surface area contributed by atoms with Crippen LogP contribution in [0.3, 0.4) is 0 Å². The number of hydrogen-bond acceptors (Lipinski definition) is 2. The number of hydrazine groups is 1. The van der Waals surface area contributed by atoms with Crippen molar-refractivity contribution in [2.24, 2.45) is 5.84 Å². The first-order chi connectivity index (χ1) is 6.68. The first kappa shape index (κ1) is 8.45. The second-order valence-electron chi connectivity index (χ2n) is 5.10. The Labute approximate surface area is 84.5 Å². The van der Waals surface area contributed by atoms with Gasteiger partial charge in [-0.1, -0.05) is 29.8 Å². The van der Waals surface area contributed by atoms with E-state index >= 15 is 0 Å². The van der Waals surface area contributed by atoms with Gasteiger partial charge in [-0.2, -0.15) is 0 Å². The molecule has 0 radical (unpaired) electrons. The fourth-order valence-corrected chi connectivity index (χ4v) is 3.15. The Morgan fingerprint density at radius 3 is 2.21 bits per heavy atom. The Balaban J connectivity index is 1.84. The molecule has 2 heteroatoms. The molecule has 0 atom stereocenters. The van der Waals surface area contributed by atoms with Gasteiger partial charge < -0.3 is 0 Å². The van der Waals surface area contributed by atoms with E-state index in [2.05, 4.69) is 36.6 Å². The number of nitrogens with one attached hydrogen (secondary N) is 1. The quantitative estimate of drug-likeness (QED) is 0.547. The van der Waals surface area contributed by atoms with Crippen LogP contribution in [0.25, 0.3) is 0 Å². The normalized spacial score (nSPS) is 38.7. The highest BCUT2D eigenvalue weighted by atomic mass is 15.3. The molecule has 0 spiro atoms. The van der Waals surface area contributed by atoms with Gasteiger partial charge in [0.1, 0.15) is 0 Å². The fraction of sp³-hybridized carbons (Fsp3) is 0.500. The molecule has 74 valence electrons. The van der Waals surface area contributed by atoms with Crippen molar-refractivity contribution in [1.29, 1.82) is 0 Å². The number of aryl methyl sites for hydroxylation is 1. The Bertz CT molecular complexity index is 347. The van der Waals surface area contributed by atoms with E-state index < -0.39 is 0 Å². The summed E-state index contributed by atoms with van der Waals surface area (Å²) < 4.78 is 0. The number of hydrogen-bond donors (Lipinski definition) is 2. The van der Waals surface area contributed by atoms with Gasteiger partial charge in [0, 0.05) is 11.0 Å². The molecule has 0 aliphatic heterocycles. The Kier molecular flexibility index (Phi) is 1.44. The monoisotopic (exact) mass is 188 g/mol. The second-order valence-corrected chi connectivity index (χ2v) is 5.10. The van der Waals surface area contributed by atoms with E-state index in [1.165, 1.54) is 30.4 Å². The molecule has 3 aliphatic rings. The molecule has 3 saturated carbocycles. The minimum absolute atomic E-state index is 0.297. The van der Waals surface area contributed by atoms with Gasteiger partial charge in [0.15, 0.2) is 0 Å². The highest BCUT2D eigenvalue weighted by Gasteiger charge is 2.67. The third-order valence-electron chi connectivity index (χ3n) is 4.00.